The average molecular weight is 453 g/mol. The van der Waals surface area contributed by atoms with Gasteiger partial charge in [0, 0.05) is 12.8 Å². The second kappa shape index (κ2) is 10.9. The van der Waals surface area contributed by atoms with Crippen molar-refractivity contribution in [1.82, 2.24) is 24.1 Å². The monoisotopic (exact) mass is 452 g/mol. The number of ether oxygens (including phenoxy) is 1. The van der Waals surface area contributed by atoms with Gasteiger partial charge in [-0.05, 0) is 50.2 Å². The molecule has 2 N–H and O–H groups in total. The van der Waals surface area contributed by atoms with E-state index in [0.717, 1.165) is 61.4 Å². The highest BCUT2D eigenvalue weighted by molar-refractivity contribution is 5.74. The van der Waals surface area contributed by atoms with Crippen molar-refractivity contribution in [2.24, 2.45) is 5.92 Å². The molecule has 178 valence electrons. The van der Waals surface area contributed by atoms with Crippen molar-refractivity contribution >= 4 is 16.9 Å². The van der Waals surface area contributed by atoms with Gasteiger partial charge in [0.2, 0.25) is 0 Å². The second-order valence-corrected chi connectivity index (χ2v) is 9.09. The molecule has 8 heteroatoms. The number of rotatable bonds is 10. The van der Waals surface area contributed by atoms with Crippen LogP contribution in [0.2, 0.25) is 0 Å². The lowest BCUT2D eigenvalue weighted by Gasteiger charge is -2.25. The quantitative estimate of drug-likeness (QED) is 0.487. The summed E-state index contributed by atoms with van der Waals surface area (Å²) in [6.45, 7) is 5.54. The van der Waals surface area contributed by atoms with Crippen LogP contribution in [0.5, 0.6) is 0 Å². The second-order valence-electron chi connectivity index (χ2n) is 9.09. The number of nitrogens with zero attached hydrogens (tertiary/aromatic N) is 5. The van der Waals surface area contributed by atoms with Crippen LogP contribution in [-0.4, -0.2) is 30.7 Å². The Kier molecular flexibility index (Phi) is 7.75. The molecule has 4 rings (SSSR count). The van der Waals surface area contributed by atoms with E-state index in [4.69, 9.17) is 15.5 Å². The summed E-state index contributed by atoms with van der Waals surface area (Å²) in [5.74, 6) is 1.46. The number of nitrogen functional groups attached to an aromatic ring is 1. The minimum atomic E-state index is -0.214. The zero-order valence-corrected chi connectivity index (χ0v) is 19.9. The zero-order chi connectivity index (χ0) is 23.2. The van der Waals surface area contributed by atoms with Gasteiger partial charge in [-0.3, -0.25) is 9.36 Å². The molecular weight excluding hydrogens is 416 g/mol. The lowest BCUT2D eigenvalue weighted by atomic mass is 9.92. The third kappa shape index (κ3) is 5.27. The molecule has 0 aromatic carbocycles. The molecule has 1 fully saturated rings. The highest BCUT2D eigenvalue weighted by atomic mass is 16.5. The number of anilines is 1. The van der Waals surface area contributed by atoms with E-state index < -0.39 is 0 Å². The number of hydrogen-bond donors (Lipinski definition) is 1. The van der Waals surface area contributed by atoms with Gasteiger partial charge in [0.15, 0.2) is 5.65 Å². The third-order valence-corrected chi connectivity index (χ3v) is 6.61. The number of pyridine rings is 1. The van der Waals surface area contributed by atoms with Crippen LogP contribution in [0.4, 0.5) is 5.69 Å². The van der Waals surface area contributed by atoms with Gasteiger partial charge in [-0.1, -0.05) is 39.5 Å². The maximum atomic E-state index is 12.6. The zero-order valence-electron chi connectivity index (χ0n) is 19.9. The molecule has 1 saturated heterocycles. The average Bonchev–Trinajstić information content (AvgIpc) is 3.20. The van der Waals surface area contributed by atoms with Gasteiger partial charge in [0.05, 0.1) is 17.9 Å². The summed E-state index contributed by atoms with van der Waals surface area (Å²) in [5, 5.41) is 0. The predicted octanol–water partition coefficient (Wildman–Crippen LogP) is 4.47. The van der Waals surface area contributed by atoms with Gasteiger partial charge >= 0.3 is 0 Å². The van der Waals surface area contributed by atoms with E-state index in [0.29, 0.717) is 12.5 Å². The van der Waals surface area contributed by atoms with Gasteiger partial charge in [-0.25, -0.2) is 15.0 Å². The molecule has 0 bridgehead atoms. The maximum Gasteiger partial charge on any atom is 0.274 e. The largest absolute Gasteiger partial charge is 0.394 e. The Bertz CT molecular complexity index is 1110. The normalized spacial score (nSPS) is 16.6. The predicted molar refractivity (Wildman–Crippen MR) is 130 cm³/mol. The highest BCUT2D eigenvalue weighted by Gasteiger charge is 2.25. The maximum absolute atomic E-state index is 12.6. The van der Waals surface area contributed by atoms with Crippen LogP contribution in [0.3, 0.4) is 0 Å². The van der Waals surface area contributed by atoms with Crippen molar-refractivity contribution < 1.29 is 4.74 Å². The minimum absolute atomic E-state index is 0.133. The summed E-state index contributed by atoms with van der Waals surface area (Å²) in [7, 11) is 0. The first-order valence-electron chi connectivity index (χ1n) is 12.4. The van der Waals surface area contributed by atoms with E-state index in [1.165, 1.54) is 25.7 Å². The molecule has 8 nitrogen and oxygen atoms in total. The van der Waals surface area contributed by atoms with Crippen LogP contribution >= 0.6 is 0 Å². The Hall–Kier alpha value is -2.74. The number of hydrogen-bond acceptors (Lipinski definition) is 6. The van der Waals surface area contributed by atoms with Gasteiger partial charge in [-0.2, -0.15) is 0 Å². The van der Waals surface area contributed by atoms with Crippen molar-refractivity contribution in [1.29, 1.82) is 0 Å². The molecule has 1 unspecified atom stereocenters. The highest BCUT2D eigenvalue weighted by Crippen LogP contribution is 2.30. The molecule has 1 aliphatic rings. The molecule has 33 heavy (non-hydrogen) atoms. The first kappa shape index (κ1) is 23.4. The Balaban J connectivity index is 1.72. The van der Waals surface area contributed by atoms with E-state index in [-0.39, 0.29) is 17.5 Å². The molecule has 0 aliphatic carbocycles. The summed E-state index contributed by atoms with van der Waals surface area (Å²) in [6, 6.07) is 3.41. The van der Waals surface area contributed by atoms with Crippen LogP contribution in [0, 0.1) is 5.92 Å². The van der Waals surface area contributed by atoms with E-state index in [1.807, 2.05) is 0 Å². The first-order valence-corrected chi connectivity index (χ1v) is 12.4. The minimum Gasteiger partial charge on any atom is -0.394 e. The van der Waals surface area contributed by atoms with E-state index in [2.05, 4.69) is 28.4 Å². The fourth-order valence-corrected chi connectivity index (χ4v) is 4.95. The van der Waals surface area contributed by atoms with Crippen LogP contribution in [0.1, 0.15) is 83.0 Å². The third-order valence-electron chi connectivity index (χ3n) is 6.61. The van der Waals surface area contributed by atoms with Crippen LogP contribution in [0.25, 0.3) is 11.2 Å². The molecule has 0 saturated carbocycles. The summed E-state index contributed by atoms with van der Waals surface area (Å²) in [5.41, 5.74) is 8.48. The molecule has 0 radical (unpaired) electrons. The van der Waals surface area contributed by atoms with E-state index >= 15 is 0 Å². The molecule has 0 spiro atoms. The smallest absolute Gasteiger partial charge is 0.274 e. The molecule has 3 aromatic heterocycles. The van der Waals surface area contributed by atoms with E-state index in [9.17, 15) is 4.79 Å². The van der Waals surface area contributed by atoms with Crippen LogP contribution in [-0.2, 0) is 17.7 Å². The number of nitrogens with two attached hydrogens (primary N) is 1. The lowest BCUT2D eigenvalue weighted by Crippen LogP contribution is -2.26. The summed E-state index contributed by atoms with van der Waals surface area (Å²) < 4.78 is 9.79. The fraction of sp³-hybridized carbons (Fsp3) is 0.600. The number of aromatic nitrogens is 5. The molecule has 4 heterocycles. The molecule has 3 aromatic rings. The number of fused-ring (bicyclic) bond motifs is 1. The van der Waals surface area contributed by atoms with Gasteiger partial charge in [-0.15, -0.1) is 0 Å². The Morgan fingerprint density at radius 3 is 2.73 bits per heavy atom. The fourth-order valence-electron chi connectivity index (χ4n) is 4.95. The van der Waals surface area contributed by atoms with Crippen molar-refractivity contribution in [3.05, 3.63) is 46.5 Å². The molecule has 1 aliphatic heterocycles. The molecular formula is C25H36N6O2. The Morgan fingerprint density at radius 2 is 2.00 bits per heavy atom. The van der Waals surface area contributed by atoms with E-state index in [1.54, 1.807) is 29.2 Å². The van der Waals surface area contributed by atoms with Gasteiger partial charge in [0.25, 0.3) is 5.56 Å². The lowest BCUT2D eigenvalue weighted by molar-refractivity contribution is -0.0314. The summed E-state index contributed by atoms with van der Waals surface area (Å²) in [4.78, 5) is 26.8. The first-order chi connectivity index (χ1) is 16.1. The summed E-state index contributed by atoms with van der Waals surface area (Å²) in [6.07, 6.45) is 13.2. The van der Waals surface area contributed by atoms with Crippen LogP contribution in [0.15, 0.2) is 29.5 Å². The molecule has 1 atom stereocenters. The van der Waals surface area contributed by atoms with Crippen LogP contribution < -0.4 is 11.3 Å². The Labute approximate surface area is 195 Å². The van der Waals surface area contributed by atoms with Crippen molar-refractivity contribution in [3.8, 4) is 0 Å². The van der Waals surface area contributed by atoms with Crippen molar-refractivity contribution in [2.75, 3.05) is 12.3 Å². The summed E-state index contributed by atoms with van der Waals surface area (Å²) >= 11 is 0. The number of aryl methyl sites for hydroxylation is 1. The Morgan fingerprint density at radius 1 is 1.18 bits per heavy atom. The SMILES string of the molecule is CCCC(CCC)CCc1ncnc2c1nc(Cn1cccc(N)c1=O)n2C1CCCCO1. The van der Waals surface area contributed by atoms with Crippen molar-refractivity contribution in [2.45, 2.75) is 84.4 Å². The molecule has 0 amide bonds. The van der Waals surface area contributed by atoms with Gasteiger partial charge < -0.3 is 15.0 Å². The van der Waals surface area contributed by atoms with Gasteiger partial charge in [0.1, 0.15) is 23.9 Å². The number of imidazole rings is 1. The standard InChI is InChI=1S/C25H36N6O2/c1-3-8-18(9-4-2)12-13-20-23-24(28-17-27-20)31(22-11-5-6-15-33-22)21(29-23)16-30-14-7-10-19(26)25(30)32/h7,10,14,17-18,22H,3-6,8-9,11-13,15-16,26H2,1-2H3. The van der Waals surface area contributed by atoms with Crippen molar-refractivity contribution in [3.63, 3.8) is 0 Å². The topological polar surface area (TPSA) is 101 Å².